The van der Waals surface area contributed by atoms with Crippen molar-refractivity contribution >= 4 is 16.9 Å². The molecule has 0 unspecified atom stereocenters. The van der Waals surface area contributed by atoms with E-state index in [1.807, 2.05) is 55.8 Å². The van der Waals surface area contributed by atoms with Crippen LogP contribution in [0.4, 0.5) is 0 Å². The first kappa shape index (κ1) is 20.8. The largest absolute Gasteiger partial charge is 0.385 e. The molecule has 0 spiro atoms. The lowest BCUT2D eigenvalue weighted by Gasteiger charge is -2.17. The molecule has 0 saturated carbocycles. The number of carbonyl (C=O) groups excluding carboxylic acids is 1. The number of benzene rings is 1. The Labute approximate surface area is 170 Å². The van der Waals surface area contributed by atoms with E-state index < -0.39 is 0 Å². The minimum absolute atomic E-state index is 0.179. The predicted octanol–water partition coefficient (Wildman–Crippen LogP) is 2.88. The van der Waals surface area contributed by atoms with Crippen LogP contribution in [-0.4, -0.2) is 33.7 Å². The van der Waals surface area contributed by atoms with Gasteiger partial charge in [0.2, 0.25) is 0 Å². The Hall–Kier alpha value is -2.93. The van der Waals surface area contributed by atoms with Crippen molar-refractivity contribution in [3.8, 4) is 0 Å². The van der Waals surface area contributed by atoms with Crippen LogP contribution >= 0.6 is 0 Å². The second-order valence-electron chi connectivity index (χ2n) is 7.36. The number of hydrogen-bond donors (Lipinski definition) is 1. The molecular formula is C22H28N4O3. The van der Waals surface area contributed by atoms with Gasteiger partial charge in [0.05, 0.1) is 17.1 Å². The van der Waals surface area contributed by atoms with Crippen LogP contribution in [0.1, 0.15) is 46.8 Å². The SMILES string of the molecule is COCCCn1c(C)cc(C)c(C(=O)N[C@H](C)c2nc3ccccc3n2C)c1=O. The third kappa shape index (κ3) is 4.10. The maximum atomic E-state index is 13.0. The molecule has 29 heavy (non-hydrogen) atoms. The van der Waals surface area contributed by atoms with E-state index in [1.54, 1.807) is 18.6 Å². The zero-order valence-electron chi connectivity index (χ0n) is 17.7. The number of aromatic nitrogens is 3. The normalized spacial score (nSPS) is 12.3. The third-order valence-electron chi connectivity index (χ3n) is 5.22. The van der Waals surface area contributed by atoms with Crippen LogP contribution in [0.2, 0.25) is 0 Å². The molecule has 0 saturated heterocycles. The first-order chi connectivity index (χ1) is 13.8. The van der Waals surface area contributed by atoms with Crippen LogP contribution in [0.5, 0.6) is 0 Å². The topological polar surface area (TPSA) is 78.2 Å². The molecule has 2 heterocycles. The van der Waals surface area contributed by atoms with Gasteiger partial charge >= 0.3 is 0 Å². The minimum Gasteiger partial charge on any atom is -0.385 e. The minimum atomic E-state index is -0.382. The Bertz CT molecular complexity index is 1100. The van der Waals surface area contributed by atoms with E-state index >= 15 is 0 Å². The van der Waals surface area contributed by atoms with E-state index in [9.17, 15) is 9.59 Å². The molecule has 1 atom stereocenters. The summed E-state index contributed by atoms with van der Waals surface area (Å²) in [5.41, 5.74) is 3.29. The Kier molecular flexibility index (Phi) is 6.17. The molecule has 2 aromatic heterocycles. The molecule has 3 rings (SSSR count). The summed E-state index contributed by atoms with van der Waals surface area (Å²) in [5.74, 6) is 0.359. The van der Waals surface area contributed by atoms with Crippen LogP contribution in [-0.2, 0) is 18.3 Å². The maximum absolute atomic E-state index is 13.0. The lowest BCUT2D eigenvalue weighted by molar-refractivity contribution is 0.0935. The maximum Gasteiger partial charge on any atom is 0.263 e. The van der Waals surface area contributed by atoms with Crippen molar-refractivity contribution in [3.63, 3.8) is 0 Å². The Morgan fingerprint density at radius 2 is 2.00 bits per heavy atom. The Morgan fingerprint density at radius 3 is 2.69 bits per heavy atom. The molecule has 0 aliphatic rings. The second kappa shape index (κ2) is 8.61. The predicted molar refractivity (Wildman–Crippen MR) is 113 cm³/mol. The van der Waals surface area contributed by atoms with E-state index in [4.69, 9.17) is 4.74 Å². The number of fused-ring (bicyclic) bond motifs is 1. The molecule has 0 radical (unpaired) electrons. The summed E-state index contributed by atoms with van der Waals surface area (Å²) < 4.78 is 8.68. The zero-order valence-corrected chi connectivity index (χ0v) is 17.7. The van der Waals surface area contributed by atoms with Gasteiger partial charge in [0, 0.05) is 33.0 Å². The molecule has 1 N–H and O–H groups in total. The molecular weight excluding hydrogens is 368 g/mol. The first-order valence-electron chi connectivity index (χ1n) is 9.77. The van der Waals surface area contributed by atoms with Crippen molar-refractivity contribution in [3.05, 3.63) is 63.3 Å². The molecule has 1 amide bonds. The first-order valence-corrected chi connectivity index (χ1v) is 9.77. The lowest BCUT2D eigenvalue weighted by Crippen LogP contribution is -2.36. The second-order valence-corrected chi connectivity index (χ2v) is 7.36. The fourth-order valence-corrected chi connectivity index (χ4v) is 3.73. The van der Waals surface area contributed by atoms with Crippen molar-refractivity contribution in [2.24, 2.45) is 7.05 Å². The van der Waals surface area contributed by atoms with Crippen molar-refractivity contribution in [2.45, 2.75) is 39.8 Å². The number of hydrogen-bond acceptors (Lipinski definition) is 4. The number of imidazole rings is 1. The van der Waals surface area contributed by atoms with Crippen molar-refractivity contribution < 1.29 is 9.53 Å². The highest BCUT2D eigenvalue weighted by molar-refractivity contribution is 5.95. The fourth-order valence-electron chi connectivity index (χ4n) is 3.73. The summed E-state index contributed by atoms with van der Waals surface area (Å²) in [6, 6.07) is 9.35. The highest BCUT2D eigenvalue weighted by Crippen LogP contribution is 2.19. The number of carbonyl (C=O) groups is 1. The van der Waals surface area contributed by atoms with Gasteiger partial charge in [-0.25, -0.2) is 4.98 Å². The van der Waals surface area contributed by atoms with Crippen LogP contribution < -0.4 is 10.9 Å². The van der Waals surface area contributed by atoms with Gasteiger partial charge in [-0.15, -0.1) is 0 Å². The number of rotatable bonds is 7. The number of nitrogens with one attached hydrogen (secondary N) is 1. The average molecular weight is 396 g/mol. The van der Waals surface area contributed by atoms with Crippen LogP contribution in [0.3, 0.4) is 0 Å². The molecule has 0 fully saturated rings. The number of amides is 1. The van der Waals surface area contributed by atoms with E-state index in [0.717, 1.165) is 22.6 Å². The summed E-state index contributed by atoms with van der Waals surface area (Å²) in [6.45, 7) is 6.62. The van der Waals surface area contributed by atoms with Gasteiger partial charge in [-0.3, -0.25) is 9.59 Å². The molecule has 0 aliphatic carbocycles. The van der Waals surface area contributed by atoms with E-state index in [-0.39, 0.29) is 23.1 Å². The van der Waals surface area contributed by atoms with Gasteiger partial charge < -0.3 is 19.2 Å². The highest BCUT2D eigenvalue weighted by atomic mass is 16.5. The summed E-state index contributed by atoms with van der Waals surface area (Å²) >= 11 is 0. The third-order valence-corrected chi connectivity index (χ3v) is 5.22. The zero-order chi connectivity index (χ0) is 21.1. The van der Waals surface area contributed by atoms with E-state index in [2.05, 4.69) is 10.3 Å². The number of para-hydroxylation sites is 2. The quantitative estimate of drug-likeness (QED) is 0.623. The summed E-state index contributed by atoms with van der Waals surface area (Å²) in [6.07, 6.45) is 0.706. The smallest absolute Gasteiger partial charge is 0.263 e. The number of nitrogens with zero attached hydrogens (tertiary/aromatic N) is 3. The number of aryl methyl sites for hydroxylation is 3. The molecule has 1 aromatic carbocycles. The molecule has 7 heteroatoms. The van der Waals surface area contributed by atoms with Crippen molar-refractivity contribution in [2.75, 3.05) is 13.7 Å². The highest BCUT2D eigenvalue weighted by Gasteiger charge is 2.22. The Morgan fingerprint density at radius 1 is 1.28 bits per heavy atom. The molecule has 0 aliphatic heterocycles. The summed E-state index contributed by atoms with van der Waals surface area (Å²) in [5, 5.41) is 2.95. The van der Waals surface area contributed by atoms with Gasteiger partial charge in [0.1, 0.15) is 11.4 Å². The van der Waals surface area contributed by atoms with Gasteiger partial charge in [0.15, 0.2) is 0 Å². The number of methoxy groups -OCH3 is 1. The molecule has 7 nitrogen and oxygen atoms in total. The average Bonchev–Trinajstić information content (AvgIpc) is 3.01. The van der Waals surface area contributed by atoms with Crippen molar-refractivity contribution in [1.82, 2.24) is 19.4 Å². The van der Waals surface area contributed by atoms with Crippen LogP contribution in [0, 0.1) is 13.8 Å². The monoisotopic (exact) mass is 396 g/mol. The summed E-state index contributed by atoms with van der Waals surface area (Å²) in [4.78, 5) is 30.7. The molecule has 154 valence electrons. The standard InChI is InChI=1S/C22H28N4O3/c1-14-13-15(2)26(11-8-12-29-5)22(28)19(14)21(27)23-16(3)20-24-17-9-6-7-10-18(17)25(20)4/h6-7,9-10,13,16H,8,11-12H2,1-5H3,(H,23,27)/t16-/m1/s1. The number of ether oxygens (including phenoxy) is 1. The van der Waals surface area contributed by atoms with Gasteiger partial charge in [-0.2, -0.15) is 0 Å². The van der Waals surface area contributed by atoms with Gasteiger partial charge in [-0.05, 0) is 51.0 Å². The number of pyridine rings is 1. The lowest BCUT2D eigenvalue weighted by atomic mass is 10.1. The van der Waals surface area contributed by atoms with Gasteiger partial charge in [-0.1, -0.05) is 12.1 Å². The molecule has 0 bridgehead atoms. The fraction of sp³-hybridized carbons (Fsp3) is 0.409. The Balaban J connectivity index is 1.88. The van der Waals surface area contributed by atoms with Gasteiger partial charge in [0.25, 0.3) is 11.5 Å². The van der Waals surface area contributed by atoms with Crippen LogP contribution in [0.25, 0.3) is 11.0 Å². The summed E-state index contributed by atoms with van der Waals surface area (Å²) in [7, 11) is 3.55. The van der Waals surface area contributed by atoms with Crippen LogP contribution in [0.15, 0.2) is 35.1 Å². The van der Waals surface area contributed by atoms with E-state index in [0.29, 0.717) is 25.1 Å². The van der Waals surface area contributed by atoms with Crippen molar-refractivity contribution in [1.29, 1.82) is 0 Å². The van der Waals surface area contributed by atoms with E-state index in [1.165, 1.54) is 0 Å². The molecule has 3 aromatic rings.